The zero-order valence-electron chi connectivity index (χ0n) is 11.6. The first-order valence-electron chi connectivity index (χ1n) is 6.17. The Balaban J connectivity index is 2.02. The standard InChI is InChI=1S/C14H14FN3O2S/c1-9(13(19)20-2)7-8-21-14-16-12(17-18-14)10-5-3-4-6-11(10)15/h3-7H,8H2,1-2H3,(H,16,17,18)/b9-7+. The molecular formula is C14H14FN3O2S. The summed E-state index contributed by atoms with van der Waals surface area (Å²) in [7, 11) is 1.34. The molecule has 1 aromatic heterocycles. The predicted molar refractivity (Wildman–Crippen MR) is 78.3 cm³/mol. The third-order valence-corrected chi connectivity index (χ3v) is 3.48. The monoisotopic (exact) mass is 307 g/mol. The van der Waals surface area contributed by atoms with Gasteiger partial charge in [0, 0.05) is 11.3 Å². The summed E-state index contributed by atoms with van der Waals surface area (Å²) in [6.07, 6.45) is 1.73. The van der Waals surface area contributed by atoms with Crippen LogP contribution in [0.2, 0.25) is 0 Å². The lowest BCUT2D eigenvalue weighted by atomic mass is 10.2. The lowest BCUT2D eigenvalue weighted by Crippen LogP contribution is -2.01. The Bertz CT molecular complexity index is 670. The second-order valence-electron chi connectivity index (χ2n) is 4.14. The van der Waals surface area contributed by atoms with E-state index in [2.05, 4.69) is 19.9 Å². The number of hydrogen-bond acceptors (Lipinski definition) is 5. The molecule has 5 nitrogen and oxygen atoms in total. The molecule has 0 unspecified atom stereocenters. The summed E-state index contributed by atoms with van der Waals surface area (Å²) in [4.78, 5) is 15.4. The van der Waals surface area contributed by atoms with E-state index in [0.29, 0.717) is 27.9 Å². The minimum Gasteiger partial charge on any atom is -0.466 e. The maximum Gasteiger partial charge on any atom is 0.333 e. The van der Waals surface area contributed by atoms with Crippen molar-refractivity contribution in [2.75, 3.05) is 12.9 Å². The maximum atomic E-state index is 13.6. The minimum atomic E-state index is -0.363. The van der Waals surface area contributed by atoms with Crippen molar-refractivity contribution < 1.29 is 13.9 Å². The third kappa shape index (κ3) is 3.91. The number of halogens is 1. The molecule has 0 bridgehead atoms. The van der Waals surface area contributed by atoms with Crippen LogP contribution in [0.1, 0.15) is 6.92 Å². The summed E-state index contributed by atoms with van der Waals surface area (Å²) in [5.74, 6) is 0.184. The first-order chi connectivity index (χ1) is 10.1. The van der Waals surface area contributed by atoms with E-state index >= 15 is 0 Å². The number of methoxy groups -OCH3 is 1. The summed E-state index contributed by atoms with van der Waals surface area (Å²) in [6, 6.07) is 6.35. The first kappa shape index (κ1) is 15.2. The fourth-order valence-corrected chi connectivity index (χ4v) is 2.32. The van der Waals surface area contributed by atoms with E-state index in [-0.39, 0.29) is 11.8 Å². The van der Waals surface area contributed by atoms with Gasteiger partial charge in [0.25, 0.3) is 0 Å². The van der Waals surface area contributed by atoms with Crippen molar-refractivity contribution in [3.05, 3.63) is 41.7 Å². The Morgan fingerprint density at radius 2 is 2.24 bits per heavy atom. The molecule has 1 heterocycles. The van der Waals surface area contributed by atoms with Crippen LogP contribution in [0.25, 0.3) is 11.4 Å². The largest absolute Gasteiger partial charge is 0.466 e. The lowest BCUT2D eigenvalue weighted by molar-refractivity contribution is -0.136. The Kier molecular flexibility index (Phi) is 5.10. The summed E-state index contributed by atoms with van der Waals surface area (Å²) in [5, 5.41) is 7.20. The molecule has 1 N–H and O–H groups in total. The molecule has 110 valence electrons. The molecule has 2 rings (SSSR count). The SMILES string of the molecule is COC(=O)/C(C)=C/CSc1n[nH]c(-c2ccccc2F)n1. The Labute approximate surface area is 125 Å². The van der Waals surface area contributed by atoms with E-state index < -0.39 is 0 Å². The molecule has 0 fully saturated rings. The number of aromatic nitrogens is 3. The van der Waals surface area contributed by atoms with E-state index in [1.54, 1.807) is 31.2 Å². The highest BCUT2D eigenvalue weighted by molar-refractivity contribution is 7.99. The highest BCUT2D eigenvalue weighted by atomic mass is 32.2. The summed E-state index contributed by atoms with van der Waals surface area (Å²) >= 11 is 1.34. The molecule has 0 aliphatic rings. The van der Waals surface area contributed by atoms with Crippen LogP contribution in [0, 0.1) is 5.82 Å². The summed E-state index contributed by atoms with van der Waals surface area (Å²) in [6.45, 7) is 1.68. The fourth-order valence-electron chi connectivity index (χ4n) is 1.57. The average molecular weight is 307 g/mol. The highest BCUT2D eigenvalue weighted by Crippen LogP contribution is 2.21. The molecule has 0 atom stereocenters. The van der Waals surface area contributed by atoms with Crippen molar-refractivity contribution in [3.8, 4) is 11.4 Å². The van der Waals surface area contributed by atoms with Gasteiger partial charge in [0.05, 0.1) is 12.7 Å². The highest BCUT2D eigenvalue weighted by Gasteiger charge is 2.10. The molecular weight excluding hydrogens is 293 g/mol. The van der Waals surface area contributed by atoms with Gasteiger partial charge in [-0.3, -0.25) is 5.10 Å². The zero-order chi connectivity index (χ0) is 15.2. The molecule has 21 heavy (non-hydrogen) atoms. The number of nitrogens with zero attached hydrogens (tertiary/aromatic N) is 2. The summed E-state index contributed by atoms with van der Waals surface area (Å²) in [5.41, 5.74) is 0.896. The summed E-state index contributed by atoms with van der Waals surface area (Å²) < 4.78 is 18.2. The van der Waals surface area contributed by atoms with E-state index in [4.69, 9.17) is 0 Å². The predicted octanol–water partition coefficient (Wildman–Crippen LogP) is 2.82. The minimum absolute atomic E-state index is 0.355. The number of nitrogens with one attached hydrogen (secondary N) is 1. The van der Waals surface area contributed by atoms with Gasteiger partial charge in [-0.1, -0.05) is 30.0 Å². The number of aromatic amines is 1. The second kappa shape index (κ2) is 7.03. The number of H-pyrrole nitrogens is 1. The van der Waals surface area contributed by atoms with E-state index in [0.717, 1.165) is 0 Å². The van der Waals surface area contributed by atoms with Crippen molar-refractivity contribution in [1.82, 2.24) is 15.2 Å². The molecule has 0 aliphatic heterocycles. The number of thioether (sulfide) groups is 1. The van der Waals surface area contributed by atoms with Gasteiger partial charge in [-0.05, 0) is 19.1 Å². The smallest absolute Gasteiger partial charge is 0.333 e. The topological polar surface area (TPSA) is 67.9 Å². The van der Waals surface area contributed by atoms with Crippen LogP contribution in [0.3, 0.4) is 0 Å². The van der Waals surface area contributed by atoms with Gasteiger partial charge in [-0.15, -0.1) is 5.10 Å². The average Bonchev–Trinajstić information content (AvgIpc) is 2.95. The van der Waals surface area contributed by atoms with Crippen LogP contribution in [0.15, 0.2) is 41.1 Å². The van der Waals surface area contributed by atoms with Gasteiger partial charge in [0.15, 0.2) is 5.82 Å². The van der Waals surface area contributed by atoms with Gasteiger partial charge in [-0.25, -0.2) is 14.2 Å². The number of ether oxygens (including phenoxy) is 1. The molecule has 0 saturated heterocycles. The molecule has 2 aromatic rings. The van der Waals surface area contributed by atoms with Crippen LogP contribution < -0.4 is 0 Å². The van der Waals surface area contributed by atoms with Gasteiger partial charge >= 0.3 is 5.97 Å². The third-order valence-electron chi connectivity index (χ3n) is 2.70. The van der Waals surface area contributed by atoms with E-state index in [1.807, 2.05) is 0 Å². The zero-order valence-corrected chi connectivity index (χ0v) is 12.4. The Morgan fingerprint density at radius 3 is 2.95 bits per heavy atom. The number of esters is 1. The van der Waals surface area contributed by atoms with Crippen LogP contribution in [0.5, 0.6) is 0 Å². The number of hydrogen-bond donors (Lipinski definition) is 1. The number of carbonyl (C=O) groups is 1. The molecule has 7 heteroatoms. The van der Waals surface area contributed by atoms with Gasteiger partial charge in [0.1, 0.15) is 5.82 Å². The van der Waals surface area contributed by atoms with Crippen LogP contribution in [0.4, 0.5) is 4.39 Å². The first-order valence-corrected chi connectivity index (χ1v) is 7.15. The molecule has 0 spiro atoms. The quantitative estimate of drug-likeness (QED) is 0.522. The molecule has 0 aliphatic carbocycles. The number of carbonyl (C=O) groups excluding carboxylic acids is 1. The van der Waals surface area contributed by atoms with Gasteiger partial charge in [0.2, 0.25) is 5.16 Å². The van der Waals surface area contributed by atoms with Crippen molar-refractivity contribution in [2.24, 2.45) is 0 Å². The molecule has 0 saturated carbocycles. The van der Waals surface area contributed by atoms with Crippen molar-refractivity contribution in [3.63, 3.8) is 0 Å². The van der Waals surface area contributed by atoms with Crippen molar-refractivity contribution in [2.45, 2.75) is 12.1 Å². The Hall–Kier alpha value is -2.15. The van der Waals surface area contributed by atoms with Crippen LogP contribution in [-0.2, 0) is 9.53 Å². The van der Waals surface area contributed by atoms with E-state index in [1.165, 1.54) is 24.9 Å². The number of benzene rings is 1. The maximum absolute atomic E-state index is 13.6. The second-order valence-corrected chi connectivity index (χ2v) is 5.12. The van der Waals surface area contributed by atoms with Crippen LogP contribution >= 0.6 is 11.8 Å². The molecule has 0 amide bonds. The Morgan fingerprint density at radius 1 is 1.48 bits per heavy atom. The van der Waals surface area contributed by atoms with E-state index in [9.17, 15) is 9.18 Å². The van der Waals surface area contributed by atoms with Crippen molar-refractivity contribution in [1.29, 1.82) is 0 Å². The van der Waals surface area contributed by atoms with Gasteiger partial charge < -0.3 is 4.74 Å². The van der Waals surface area contributed by atoms with Crippen molar-refractivity contribution >= 4 is 17.7 Å². The normalized spacial score (nSPS) is 11.5. The van der Waals surface area contributed by atoms with Crippen LogP contribution in [-0.4, -0.2) is 34.0 Å². The molecule has 0 radical (unpaired) electrons. The van der Waals surface area contributed by atoms with Gasteiger partial charge in [-0.2, -0.15) is 0 Å². The fraction of sp³-hybridized carbons (Fsp3) is 0.214. The lowest BCUT2D eigenvalue weighted by Gasteiger charge is -1.97. The molecule has 1 aromatic carbocycles. The number of rotatable bonds is 5.